The molecule has 6 nitrogen and oxygen atoms in total. The van der Waals surface area contributed by atoms with Gasteiger partial charge < -0.3 is 14.9 Å². The molecule has 0 unspecified atom stereocenters. The van der Waals surface area contributed by atoms with Crippen molar-refractivity contribution in [2.24, 2.45) is 0 Å². The van der Waals surface area contributed by atoms with Crippen LogP contribution in [0.15, 0.2) is 0 Å². The van der Waals surface area contributed by atoms with E-state index in [0.717, 1.165) is 26.2 Å². The molecule has 0 atom stereocenters. The zero-order valence-electron chi connectivity index (χ0n) is 8.76. The number of aliphatic hydroxyl groups is 1. The molecule has 0 bridgehead atoms. The van der Waals surface area contributed by atoms with Crippen molar-refractivity contribution in [2.75, 3.05) is 45.9 Å². The monoisotopic (exact) mass is 218 g/mol. The van der Waals surface area contributed by atoms with Crippen LogP contribution in [0, 0.1) is 0 Å². The van der Waals surface area contributed by atoms with Crippen molar-refractivity contribution in [3.05, 3.63) is 0 Å². The molecule has 0 aromatic carbocycles. The first-order valence-corrected chi connectivity index (χ1v) is 5.16. The van der Waals surface area contributed by atoms with Gasteiger partial charge in [-0.2, -0.15) is 5.26 Å². The minimum absolute atomic E-state index is 0.191. The Morgan fingerprint density at radius 1 is 1.13 bits per heavy atom. The minimum atomic E-state index is -0.590. The Bertz CT molecular complexity index is 193. The molecule has 88 valence electrons. The van der Waals surface area contributed by atoms with Gasteiger partial charge in [0, 0.05) is 39.3 Å². The predicted molar refractivity (Wildman–Crippen MR) is 53.3 cm³/mol. The first kappa shape index (κ1) is 12.4. The van der Waals surface area contributed by atoms with Crippen molar-refractivity contribution in [2.45, 2.75) is 6.42 Å². The highest BCUT2D eigenvalue weighted by atomic mass is 17.1. The molecule has 15 heavy (non-hydrogen) atoms. The first-order valence-electron chi connectivity index (χ1n) is 5.16. The van der Waals surface area contributed by atoms with Crippen LogP contribution < -0.4 is 0 Å². The van der Waals surface area contributed by atoms with E-state index >= 15 is 0 Å². The van der Waals surface area contributed by atoms with Crippen LogP contribution in [0.3, 0.4) is 0 Å². The van der Waals surface area contributed by atoms with Gasteiger partial charge in [0.05, 0.1) is 13.0 Å². The van der Waals surface area contributed by atoms with Crippen molar-refractivity contribution in [1.82, 2.24) is 9.80 Å². The van der Waals surface area contributed by atoms with E-state index in [-0.39, 0.29) is 13.0 Å². The highest BCUT2D eigenvalue weighted by Crippen LogP contribution is 2.02. The van der Waals surface area contributed by atoms with E-state index in [1.807, 2.05) is 0 Å². The number of hydrogen-bond donors (Lipinski definition) is 2. The fraction of sp³-hybridized carbons (Fsp3) is 0.889. The number of nitrogens with zero attached hydrogens (tertiary/aromatic N) is 2. The van der Waals surface area contributed by atoms with Crippen LogP contribution in [0.25, 0.3) is 0 Å². The quantitative estimate of drug-likeness (QED) is 0.455. The molecule has 0 saturated carbocycles. The van der Waals surface area contributed by atoms with Gasteiger partial charge in [0.2, 0.25) is 0 Å². The van der Waals surface area contributed by atoms with E-state index < -0.39 is 5.97 Å². The summed E-state index contributed by atoms with van der Waals surface area (Å²) >= 11 is 0. The fourth-order valence-electron chi connectivity index (χ4n) is 1.67. The lowest BCUT2D eigenvalue weighted by atomic mass is 10.3. The number of aliphatic hydroxyl groups excluding tert-OH is 1. The maximum absolute atomic E-state index is 10.7. The normalized spacial score (nSPS) is 19.1. The van der Waals surface area contributed by atoms with Gasteiger partial charge in [-0.3, -0.25) is 4.90 Å². The molecule has 0 spiro atoms. The van der Waals surface area contributed by atoms with Crippen LogP contribution in [-0.2, 0) is 9.68 Å². The standard InChI is InChI=1S/C9H18N2O4/c12-8-7-11-5-3-10(4-6-11)2-1-9(13)15-14/h12,14H,1-8H2. The predicted octanol–water partition coefficient (Wildman–Crippen LogP) is -0.997. The zero-order chi connectivity index (χ0) is 11.1. The molecule has 0 radical (unpaired) electrons. The SMILES string of the molecule is O=C(CCN1CCN(CCO)CC1)OO. The summed E-state index contributed by atoms with van der Waals surface area (Å²) in [5.41, 5.74) is 0. The van der Waals surface area contributed by atoms with Crippen molar-refractivity contribution >= 4 is 5.97 Å². The van der Waals surface area contributed by atoms with Crippen LogP contribution in [0.1, 0.15) is 6.42 Å². The third-order valence-electron chi connectivity index (χ3n) is 2.62. The Balaban J connectivity index is 2.12. The summed E-state index contributed by atoms with van der Waals surface area (Å²) in [4.78, 5) is 18.6. The van der Waals surface area contributed by atoms with Crippen molar-refractivity contribution in [3.8, 4) is 0 Å². The van der Waals surface area contributed by atoms with Gasteiger partial charge in [-0.15, -0.1) is 0 Å². The van der Waals surface area contributed by atoms with Gasteiger partial charge >= 0.3 is 5.97 Å². The van der Waals surface area contributed by atoms with Gasteiger partial charge in [0.25, 0.3) is 0 Å². The van der Waals surface area contributed by atoms with Crippen LogP contribution in [0.5, 0.6) is 0 Å². The number of hydrogen-bond acceptors (Lipinski definition) is 6. The summed E-state index contributed by atoms with van der Waals surface area (Å²) in [6.07, 6.45) is 0.219. The van der Waals surface area contributed by atoms with Crippen molar-refractivity contribution < 1.29 is 20.0 Å². The van der Waals surface area contributed by atoms with Gasteiger partial charge in [-0.25, -0.2) is 4.79 Å². The number of carbonyl (C=O) groups excluding carboxylic acids is 1. The highest BCUT2D eigenvalue weighted by molar-refractivity contribution is 5.68. The Hall–Kier alpha value is -0.690. The second-order valence-electron chi connectivity index (χ2n) is 3.62. The molecule has 1 heterocycles. The maximum atomic E-state index is 10.7. The molecule has 0 aromatic rings. The minimum Gasteiger partial charge on any atom is -0.395 e. The summed E-state index contributed by atoms with van der Waals surface area (Å²) in [5, 5.41) is 16.8. The van der Waals surface area contributed by atoms with Gasteiger partial charge in [-0.05, 0) is 0 Å². The molecule has 1 rings (SSSR count). The van der Waals surface area contributed by atoms with E-state index in [1.54, 1.807) is 0 Å². The summed E-state index contributed by atoms with van der Waals surface area (Å²) in [5.74, 6) is -0.590. The lowest BCUT2D eigenvalue weighted by Crippen LogP contribution is -2.47. The molecule has 1 aliphatic heterocycles. The molecular weight excluding hydrogens is 200 g/mol. The Kier molecular flexibility index (Phi) is 5.56. The number of rotatable bonds is 5. The number of carbonyl (C=O) groups is 1. The molecule has 1 fully saturated rings. The van der Waals surface area contributed by atoms with E-state index in [1.165, 1.54) is 0 Å². The Labute approximate surface area is 89.0 Å². The molecular formula is C9H18N2O4. The Morgan fingerprint density at radius 2 is 1.67 bits per heavy atom. The highest BCUT2D eigenvalue weighted by Gasteiger charge is 2.16. The summed E-state index contributed by atoms with van der Waals surface area (Å²) < 4.78 is 0. The molecule has 1 aliphatic rings. The Morgan fingerprint density at radius 3 is 2.13 bits per heavy atom. The largest absolute Gasteiger partial charge is 0.395 e. The lowest BCUT2D eigenvalue weighted by molar-refractivity contribution is -0.234. The summed E-state index contributed by atoms with van der Waals surface area (Å²) in [6, 6.07) is 0. The molecule has 0 amide bonds. The smallest absolute Gasteiger partial charge is 0.343 e. The van der Waals surface area contributed by atoms with Crippen LogP contribution in [0.2, 0.25) is 0 Å². The van der Waals surface area contributed by atoms with E-state index in [4.69, 9.17) is 10.4 Å². The molecule has 2 N–H and O–H groups in total. The third kappa shape index (κ3) is 4.57. The average Bonchev–Trinajstić information content (AvgIpc) is 2.28. The van der Waals surface area contributed by atoms with Gasteiger partial charge in [-0.1, -0.05) is 0 Å². The van der Waals surface area contributed by atoms with E-state index in [9.17, 15) is 4.79 Å². The maximum Gasteiger partial charge on any atom is 0.343 e. The van der Waals surface area contributed by atoms with Gasteiger partial charge in [0.15, 0.2) is 0 Å². The molecule has 6 heteroatoms. The van der Waals surface area contributed by atoms with Crippen LogP contribution in [-0.4, -0.2) is 72.0 Å². The first-order chi connectivity index (χ1) is 7.26. The van der Waals surface area contributed by atoms with Crippen molar-refractivity contribution in [1.29, 1.82) is 0 Å². The zero-order valence-corrected chi connectivity index (χ0v) is 8.76. The van der Waals surface area contributed by atoms with Crippen molar-refractivity contribution in [3.63, 3.8) is 0 Å². The second-order valence-corrected chi connectivity index (χ2v) is 3.62. The average molecular weight is 218 g/mol. The topological polar surface area (TPSA) is 73.2 Å². The number of piperazine rings is 1. The number of β-amino-alcohol motifs (C(OH)–C–C–N with tert-alkyl or cyclic N) is 1. The molecule has 1 saturated heterocycles. The molecule has 0 aliphatic carbocycles. The molecule has 0 aromatic heterocycles. The van der Waals surface area contributed by atoms with E-state index in [2.05, 4.69) is 14.7 Å². The fourth-order valence-corrected chi connectivity index (χ4v) is 1.67. The summed E-state index contributed by atoms with van der Waals surface area (Å²) in [6.45, 7) is 5.12. The van der Waals surface area contributed by atoms with E-state index in [0.29, 0.717) is 13.1 Å². The van der Waals surface area contributed by atoms with Crippen LogP contribution in [0.4, 0.5) is 0 Å². The second kappa shape index (κ2) is 6.73. The summed E-state index contributed by atoms with van der Waals surface area (Å²) in [7, 11) is 0. The third-order valence-corrected chi connectivity index (χ3v) is 2.62. The van der Waals surface area contributed by atoms with Crippen LogP contribution >= 0.6 is 0 Å². The van der Waals surface area contributed by atoms with Gasteiger partial charge in [0.1, 0.15) is 0 Å². The lowest BCUT2D eigenvalue weighted by Gasteiger charge is -2.33.